The summed E-state index contributed by atoms with van der Waals surface area (Å²) < 4.78 is 19.1. The van der Waals surface area contributed by atoms with Crippen molar-refractivity contribution < 1.29 is 24.1 Å². The van der Waals surface area contributed by atoms with E-state index >= 15 is 0 Å². The van der Waals surface area contributed by atoms with Gasteiger partial charge in [-0.25, -0.2) is 4.98 Å². The number of nitrogens with one attached hydrogen (secondary N) is 1. The van der Waals surface area contributed by atoms with Crippen LogP contribution >= 0.6 is 0 Å². The molecule has 39 heavy (non-hydrogen) atoms. The van der Waals surface area contributed by atoms with Crippen LogP contribution in [-0.2, 0) is 27.1 Å². The molecule has 208 valence electrons. The molecule has 2 N–H and O–H groups in total. The Kier molecular flexibility index (Phi) is 7.67. The molecule has 2 saturated heterocycles. The number of aryl methyl sites for hydroxylation is 1. The van der Waals surface area contributed by atoms with Gasteiger partial charge in [0.1, 0.15) is 17.6 Å². The van der Waals surface area contributed by atoms with Crippen molar-refractivity contribution in [3.8, 4) is 5.75 Å². The van der Waals surface area contributed by atoms with E-state index < -0.39 is 12.0 Å². The second-order valence-electron chi connectivity index (χ2n) is 10.7. The number of nitrogens with zero attached hydrogens (tertiary/aromatic N) is 4. The number of hydrogen-bond donors (Lipinski definition) is 2. The Balaban J connectivity index is 1.04. The minimum atomic E-state index is -0.844. The van der Waals surface area contributed by atoms with Crippen LogP contribution in [0.1, 0.15) is 54.6 Å². The van der Waals surface area contributed by atoms with Crippen molar-refractivity contribution in [1.29, 1.82) is 0 Å². The van der Waals surface area contributed by atoms with Gasteiger partial charge in [-0.1, -0.05) is 18.2 Å². The minimum absolute atomic E-state index is 0.0298. The highest BCUT2D eigenvalue weighted by Crippen LogP contribution is 2.34. The van der Waals surface area contributed by atoms with Crippen LogP contribution < -0.4 is 10.1 Å². The predicted octanol–water partition coefficient (Wildman–Crippen LogP) is 3.61. The number of aliphatic carboxylic acids is 1. The number of carboxylic acids is 1. The summed E-state index contributed by atoms with van der Waals surface area (Å²) in [5, 5.41) is 19.2. The minimum Gasteiger partial charge on any atom is -0.496 e. The monoisotopic (exact) mass is 535 g/mol. The third-order valence-corrected chi connectivity index (χ3v) is 8.12. The van der Waals surface area contributed by atoms with E-state index in [2.05, 4.69) is 16.5 Å². The quantitative estimate of drug-likeness (QED) is 0.356. The maximum absolute atomic E-state index is 12.5. The van der Waals surface area contributed by atoms with E-state index in [0.717, 1.165) is 78.8 Å². The van der Waals surface area contributed by atoms with Crippen LogP contribution in [-0.4, -0.2) is 83.4 Å². The number of aromatic nitrogens is 3. The Morgan fingerprint density at radius 1 is 1.31 bits per heavy atom. The Labute approximate surface area is 228 Å². The van der Waals surface area contributed by atoms with Crippen molar-refractivity contribution in [1.82, 2.24) is 19.7 Å². The third-order valence-electron chi connectivity index (χ3n) is 8.12. The Bertz CT molecular complexity index is 1310. The number of pyridine rings is 1. The molecule has 0 spiro atoms. The standard InChI is InChI=1S/C29H37N5O5/c1-37-25-14-20(32-28-23(25)9-5-11-30-28)7-2-3-13-39-22-10-12-33(16-22)27(29(35)36)24-8-4-6-19-15-31-34(26(19)24)21-17-38-18-21/h4,6,8,14-15,21-22,27H,2-3,5,7,9-13,16-18H2,1H3,(H,30,32)(H,35,36). The Morgan fingerprint density at radius 3 is 3.00 bits per heavy atom. The number of likely N-dealkylation sites (tertiary alicyclic amines) is 1. The van der Waals surface area contributed by atoms with Crippen LogP contribution in [0.3, 0.4) is 0 Å². The van der Waals surface area contributed by atoms with Crippen LogP contribution in [0.15, 0.2) is 30.5 Å². The van der Waals surface area contributed by atoms with Crippen molar-refractivity contribution in [2.45, 2.75) is 56.7 Å². The predicted molar refractivity (Wildman–Crippen MR) is 146 cm³/mol. The van der Waals surface area contributed by atoms with Crippen LogP contribution in [0.2, 0.25) is 0 Å². The zero-order valence-corrected chi connectivity index (χ0v) is 22.5. The van der Waals surface area contributed by atoms with Gasteiger partial charge >= 0.3 is 5.97 Å². The smallest absolute Gasteiger partial charge is 0.325 e. The highest BCUT2D eigenvalue weighted by molar-refractivity contribution is 5.88. The van der Waals surface area contributed by atoms with Gasteiger partial charge in [-0.3, -0.25) is 14.4 Å². The molecule has 2 aromatic heterocycles. The topological polar surface area (TPSA) is 111 Å². The molecule has 3 aliphatic rings. The zero-order valence-electron chi connectivity index (χ0n) is 22.5. The highest BCUT2D eigenvalue weighted by atomic mass is 16.5. The molecule has 5 heterocycles. The lowest BCUT2D eigenvalue weighted by Crippen LogP contribution is -2.35. The van der Waals surface area contributed by atoms with Crippen molar-refractivity contribution >= 4 is 22.7 Å². The van der Waals surface area contributed by atoms with E-state index in [4.69, 9.17) is 19.2 Å². The number of ether oxygens (including phenoxy) is 3. The van der Waals surface area contributed by atoms with Crippen molar-refractivity contribution in [3.05, 3.63) is 47.3 Å². The number of fused-ring (bicyclic) bond motifs is 2. The lowest BCUT2D eigenvalue weighted by molar-refractivity contribution is -0.143. The van der Waals surface area contributed by atoms with E-state index in [1.807, 2.05) is 34.0 Å². The Hall–Kier alpha value is -3.21. The van der Waals surface area contributed by atoms with E-state index in [1.165, 1.54) is 5.56 Å². The normalized spacial score (nSPS) is 20.4. The molecular formula is C29H37N5O5. The molecule has 0 saturated carbocycles. The van der Waals surface area contributed by atoms with E-state index in [9.17, 15) is 9.90 Å². The fourth-order valence-corrected chi connectivity index (χ4v) is 6.03. The van der Waals surface area contributed by atoms with Gasteiger partial charge in [0.25, 0.3) is 0 Å². The van der Waals surface area contributed by atoms with Gasteiger partial charge < -0.3 is 24.6 Å². The first-order valence-corrected chi connectivity index (χ1v) is 14.1. The number of hydrogen-bond acceptors (Lipinski definition) is 8. The SMILES string of the molecule is COc1cc(CCCCOC2CCN(C(C(=O)O)c3cccc4cnn(C5COC5)c34)C2)nc2c1CCCN2. The molecule has 10 nitrogen and oxygen atoms in total. The number of benzene rings is 1. The summed E-state index contributed by atoms with van der Waals surface area (Å²) in [5.74, 6) is 1.05. The number of rotatable bonds is 11. The van der Waals surface area contributed by atoms with Gasteiger partial charge in [0, 0.05) is 54.5 Å². The van der Waals surface area contributed by atoms with Crippen LogP contribution in [0.25, 0.3) is 10.9 Å². The van der Waals surface area contributed by atoms with Gasteiger partial charge in [-0.2, -0.15) is 5.10 Å². The van der Waals surface area contributed by atoms with Gasteiger partial charge in [-0.15, -0.1) is 0 Å². The second kappa shape index (κ2) is 11.5. The Morgan fingerprint density at radius 2 is 2.21 bits per heavy atom. The fourth-order valence-electron chi connectivity index (χ4n) is 6.03. The molecule has 0 radical (unpaired) electrons. The summed E-state index contributed by atoms with van der Waals surface area (Å²) in [7, 11) is 1.72. The maximum Gasteiger partial charge on any atom is 0.325 e. The molecule has 0 amide bonds. The zero-order chi connectivity index (χ0) is 26.8. The number of para-hydroxylation sites is 1. The van der Waals surface area contributed by atoms with E-state index in [0.29, 0.717) is 32.9 Å². The van der Waals surface area contributed by atoms with Gasteiger partial charge in [0.15, 0.2) is 0 Å². The molecule has 2 atom stereocenters. The fraction of sp³-hybridized carbons (Fsp3) is 0.552. The molecule has 0 aliphatic carbocycles. The van der Waals surface area contributed by atoms with Gasteiger partial charge in [0.2, 0.25) is 0 Å². The molecule has 10 heteroatoms. The molecule has 2 fully saturated rings. The van der Waals surface area contributed by atoms with Crippen LogP contribution in [0, 0.1) is 0 Å². The summed E-state index contributed by atoms with van der Waals surface area (Å²) in [4.78, 5) is 19.4. The van der Waals surface area contributed by atoms with E-state index in [1.54, 1.807) is 7.11 Å². The van der Waals surface area contributed by atoms with Crippen LogP contribution in [0.5, 0.6) is 5.75 Å². The van der Waals surface area contributed by atoms with Crippen molar-refractivity contribution in [2.24, 2.45) is 0 Å². The van der Waals surface area contributed by atoms with Gasteiger partial charge in [0.05, 0.1) is 44.2 Å². The number of unbranched alkanes of at least 4 members (excludes halogenated alkanes) is 1. The lowest BCUT2D eigenvalue weighted by atomic mass is 10.0. The number of carboxylic acid groups (broad SMARTS) is 1. The largest absolute Gasteiger partial charge is 0.496 e. The first-order chi connectivity index (χ1) is 19.1. The highest BCUT2D eigenvalue weighted by Gasteiger charge is 2.36. The molecule has 2 unspecified atom stereocenters. The molecule has 1 aromatic carbocycles. The molecule has 3 aliphatic heterocycles. The summed E-state index contributed by atoms with van der Waals surface area (Å²) in [6.07, 6.45) is 7.54. The summed E-state index contributed by atoms with van der Waals surface area (Å²) in [6, 6.07) is 7.32. The molecular weight excluding hydrogens is 498 g/mol. The van der Waals surface area contributed by atoms with Crippen molar-refractivity contribution in [2.75, 3.05) is 51.9 Å². The molecule has 6 rings (SSSR count). The number of anilines is 1. The summed E-state index contributed by atoms with van der Waals surface area (Å²) in [5.41, 5.74) is 3.90. The lowest BCUT2D eigenvalue weighted by Gasteiger charge is -2.29. The summed E-state index contributed by atoms with van der Waals surface area (Å²) >= 11 is 0. The van der Waals surface area contributed by atoms with Crippen LogP contribution in [0.4, 0.5) is 5.82 Å². The average molecular weight is 536 g/mol. The average Bonchev–Trinajstić information content (AvgIpc) is 3.55. The van der Waals surface area contributed by atoms with E-state index in [-0.39, 0.29) is 12.1 Å². The first kappa shape index (κ1) is 26.0. The molecule has 0 bridgehead atoms. The third kappa shape index (κ3) is 5.33. The van der Waals surface area contributed by atoms with Crippen molar-refractivity contribution in [3.63, 3.8) is 0 Å². The van der Waals surface area contributed by atoms with Gasteiger partial charge in [-0.05, 0) is 38.5 Å². The second-order valence-corrected chi connectivity index (χ2v) is 10.7. The maximum atomic E-state index is 12.5. The molecule has 3 aromatic rings. The first-order valence-electron chi connectivity index (χ1n) is 14.1. The number of carbonyl (C=O) groups is 1. The summed E-state index contributed by atoms with van der Waals surface area (Å²) in [6.45, 7) is 4.11. The number of methoxy groups -OCH3 is 1.